The fourth-order valence-corrected chi connectivity index (χ4v) is 2.71. The van der Waals surface area contributed by atoms with Gasteiger partial charge in [-0.2, -0.15) is 0 Å². The van der Waals surface area contributed by atoms with E-state index in [1.54, 1.807) is 12.3 Å². The number of carbonyl (C=O) groups excluding carboxylic acids is 1. The van der Waals surface area contributed by atoms with E-state index in [-0.39, 0.29) is 11.9 Å². The topological polar surface area (TPSA) is 54.0 Å². The first-order chi connectivity index (χ1) is 12.1. The van der Waals surface area contributed by atoms with E-state index in [2.05, 4.69) is 50.6 Å². The maximum Gasteiger partial charge on any atom is 0.274 e. The van der Waals surface area contributed by atoms with Crippen LogP contribution in [0, 0.1) is 0 Å². The van der Waals surface area contributed by atoms with Gasteiger partial charge in [0.1, 0.15) is 5.69 Å². The monoisotopic (exact) mass is 395 g/mol. The van der Waals surface area contributed by atoms with Gasteiger partial charge in [-0.1, -0.05) is 46.3 Å². The van der Waals surface area contributed by atoms with Crippen molar-refractivity contribution < 1.29 is 4.79 Å². The summed E-state index contributed by atoms with van der Waals surface area (Å²) in [5.74, 6) is -0.238. The van der Waals surface area contributed by atoms with Crippen LogP contribution in [-0.4, -0.2) is 10.9 Å². The Labute approximate surface area is 155 Å². The zero-order chi connectivity index (χ0) is 17.6. The normalized spacial score (nSPS) is 11.6. The molecule has 4 nitrogen and oxygen atoms in total. The van der Waals surface area contributed by atoms with Crippen LogP contribution in [0.4, 0.5) is 11.4 Å². The molecular formula is C20H18BrN3O. The first kappa shape index (κ1) is 17.2. The number of benzene rings is 2. The fraction of sp³-hybridized carbons (Fsp3) is 0.100. The van der Waals surface area contributed by atoms with Crippen LogP contribution in [-0.2, 0) is 0 Å². The molecule has 0 radical (unpaired) electrons. The Bertz CT molecular complexity index is 850. The molecule has 0 aliphatic rings. The number of hydrogen-bond acceptors (Lipinski definition) is 3. The number of anilines is 2. The summed E-state index contributed by atoms with van der Waals surface area (Å²) in [6, 6.07) is 21.3. The smallest absolute Gasteiger partial charge is 0.274 e. The van der Waals surface area contributed by atoms with Gasteiger partial charge in [0.25, 0.3) is 5.91 Å². The van der Waals surface area contributed by atoms with E-state index >= 15 is 0 Å². The van der Waals surface area contributed by atoms with E-state index in [1.165, 1.54) is 5.56 Å². The second kappa shape index (κ2) is 7.94. The standard InChI is InChI=1S/C20H18BrN3O/c1-14(15-5-3-2-4-6-15)23-18-11-12-22-19(13-18)20(25)24-17-9-7-16(21)8-10-17/h2-14H,1H3,(H,22,23)(H,24,25). The predicted molar refractivity (Wildman–Crippen MR) is 105 cm³/mol. The lowest BCUT2D eigenvalue weighted by Gasteiger charge is -2.16. The number of halogens is 1. The summed E-state index contributed by atoms with van der Waals surface area (Å²) in [4.78, 5) is 16.6. The van der Waals surface area contributed by atoms with Gasteiger partial charge in [-0.05, 0) is 48.9 Å². The molecule has 0 saturated carbocycles. The van der Waals surface area contributed by atoms with Gasteiger partial charge >= 0.3 is 0 Å². The summed E-state index contributed by atoms with van der Waals surface area (Å²) in [6.45, 7) is 2.08. The third kappa shape index (κ3) is 4.67. The quantitative estimate of drug-likeness (QED) is 0.618. The van der Waals surface area contributed by atoms with E-state index in [4.69, 9.17) is 0 Å². The minimum atomic E-state index is -0.238. The van der Waals surface area contributed by atoms with Crippen LogP contribution in [0.2, 0.25) is 0 Å². The number of nitrogens with zero attached hydrogens (tertiary/aromatic N) is 1. The first-order valence-corrected chi connectivity index (χ1v) is 8.75. The number of aromatic nitrogens is 1. The summed E-state index contributed by atoms with van der Waals surface area (Å²) in [6.07, 6.45) is 1.64. The van der Waals surface area contributed by atoms with Crippen molar-refractivity contribution in [3.05, 3.63) is 88.7 Å². The molecule has 0 bridgehead atoms. The van der Waals surface area contributed by atoms with E-state index < -0.39 is 0 Å². The highest BCUT2D eigenvalue weighted by Gasteiger charge is 2.10. The van der Waals surface area contributed by atoms with Crippen molar-refractivity contribution in [3.8, 4) is 0 Å². The Kier molecular flexibility index (Phi) is 5.46. The molecule has 25 heavy (non-hydrogen) atoms. The van der Waals surface area contributed by atoms with Crippen LogP contribution in [0.25, 0.3) is 0 Å². The molecule has 0 aliphatic heterocycles. The molecule has 126 valence electrons. The van der Waals surface area contributed by atoms with Gasteiger partial charge < -0.3 is 10.6 Å². The predicted octanol–water partition coefficient (Wildman–Crippen LogP) is 5.27. The van der Waals surface area contributed by atoms with E-state index in [1.807, 2.05) is 48.5 Å². The summed E-state index contributed by atoms with van der Waals surface area (Å²) >= 11 is 3.37. The van der Waals surface area contributed by atoms with Crippen molar-refractivity contribution in [1.29, 1.82) is 0 Å². The zero-order valence-electron chi connectivity index (χ0n) is 13.7. The molecule has 0 saturated heterocycles. The summed E-state index contributed by atoms with van der Waals surface area (Å²) in [7, 11) is 0. The molecule has 3 aromatic rings. The SMILES string of the molecule is CC(Nc1ccnc(C(=O)Nc2ccc(Br)cc2)c1)c1ccccc1. The Balaban J connectivity index is 1.70. The Morgan fingerprint density at radius 1 is 1.00 bits per heavy atom. The average molecular weight is 396 g/mol. The van der Waals surface area contributed by atoms with Crippen LogP contribution in [0.3, 0.4) is 0 Å². The Morgan fingerprint density at radius 2 is 1.72 bits per heavy atom. The average Bonchev–Trinajstić information content (AvgIpc) is 2.64. The lowest BCUT2D eigenvalue weighted by molar-refractivity contribution is 0.102. The third-order valence-corrected chi connectivity index (χ3v) is 4.31. The van der Waals surface area contributed by atoms with Crippen LogP contribution < -0.4 is 10.6 Å². The molecule has 1 heterocycles. The molecule has 5 heteroatoms. The maximum atomic E-state index is 12.4. The Hall–Kier alpha value is -2.66. The summed E-state index contributed by atoms with van der Waals surface area (Å²) < 4.78 is 0.963. The molecule has 0 spiro atoms. The van der Waals surface area contributed by atoms with Gasteiger partial charge in [0.05, 0.1) is 0 Å². The third-order valence-electron chi connectivity index (χ3n) is 3.78. The molecule has 0 aliphatic carbocycles. The van der Waals surface area contributed by atoms with Crippen molar-refractivity contribution in [2.75, 3.05) is 10.6 Å². The molecule has 1 atom stereocenters. The molecule has 1 amide bonds. The number of hydrogen-bond donors (Lipinski definition) is 2. The zero-order valence-corrected chi connectivity index (χ0v) is 15.3. The minimum Gasteiger partial charge on any atom is -0.378 e. The fourth-order valence-electron chi connectivity index (χ4n) is 2.45. The number of amides is 1. The van der Waals surface area contributed by atoms with Gasteiger partial charge in [-0.15, -0.1) is 0 Å². The maximum absolute atomic E-state index is 12.4. The second-order valence-electron chi connectivity index (χ2n) is 5.67. The highest BCUT2D eigenvalue weighted by Crippen LogP contribution is 2.20. The van der Waals surface area contributed by atoms with E-state index in [0.29, 0.717) is 5.69 Å². The highest BCUT2D eigenvalue weighted by atomic mass is 79.9. The molecule has 2 N–H and O–H groups in total. The number of carbonyl (C=O) groups is 1. The van der Waals surface area contributed by atoms with Crippen LogP contribution in [0.5, 0.6) is 0 Å². The minimum absolute atomic E-state index is 0.131. The number of rotatable bonds is 5. The molecular weight excluding hydrogens is 378 g/mol. The summed E-state index contributed by atoms with van der Waals surface area (Å²) in [5.41, 5.74) is 3.13. The van der Waals surface area contributed by atoms with Gasteiger partial charge in [0.2, 0.25) is 0 Å². The number of pyridine rings is 1. The molecule has 2 aromatic carbocycles. The van der Waals surface area contributed by atoms with Crippen molar-refractivity contribution in [1.82, 2.24) is 4.98 Å². The van der Waals surface area contributed by atoms with Crippen LogP contribution >= 0.6 is 15.9 Å². The van der Waals surface area contributed by atoms with Gasteiger partial charge in [0.15, 0.2) is 0 Å². The van der Waals surface area contributed by atoms with Crippen LogP contribution in [0.15, 0.2) is 77.4 Å². The van der Waals surface area contributed by atoms with Crippen molar-refractivity contribution in [2.24, 2.45) is 0 Å². The van der Waals surface area contributed by atoms with Crippen LogP contribution in [0.1, 0.15) is 29.0 Å². The van der Waals surface area contributed by atoms with E-state index in [9.17, 15) is 4.79 Å². The lowest BCUT2D eigenvalue weighted by Crippen LogP contribution is -2.14. The molecule has 1 unspecified atom stereocenters. The van der Waals surface area contributed by atoms with Crippen molar-refractivity contribution in [2.45, 2.75) is 13.0 Å². The lowest BCUT2D eigenvalue weighted by atomic mass is 10.1. The second-order valence-corrected chi connectivity index (χ2v) is 6.58. The molecule has 3 rings (SSSR count). The van der Waals surface area contributed by atoms with E-state index in [0.717, 1.165) is 15.8 Å². The van der Waals surface area contributed by atoms with Gasteiger partial charge in [-0.25, -0.2) is 0 Å². The molecule has 0 fully saturated rings. The highest BCUT2D eigenvalue weighted by molar-refractivity contribution is 9.10. The number of nitrogens with one attached hydrogen (secondary N) is 2. The summed E-state index contributed by atoms with van der Waals surface area (Å²) in [5, 5.41) is 6.25. The van der Waals surface area contributed by atoms with Crippen molar-refractivity contribution in [3.63, 3.8) is 0 Å². The first-order valence-electron chi connectivity index (χ1n) is 7.96. The van der Waals surface area contributed by atoms with Crippen molar-refractivity contribution >= 4 is 33.2 Å². The molecule has 1 aromatic heterocycles. The van der Waals surface area contributed by atoms with Gasteiger partial charge in [0, 0.05) is 28.1 Å². The van der Waals surface area contributed by atoms with Gasteiger partial charge in [-0.3, -0.25) is 9.78 Å². The largest absolute Gasteiger partial charge is 0.378 e. The Morgan fingerprint density at radius 3 is 2.44 bits per heavy atom.